The van der Waals surface area contributed by atoms with Crippen LogP contribution < -0.4 is 9.64 Å². The average molecular weight is 311 g/mol. The monoisotopic (exact) mass is 311 g/mol. The van der Waals surface area contributed by atoms with E-state index in [1.807, 2.05) is 12.1 Å². The first-order valence-corrected chi connectivity index (χ1v) is 7.72. The molecule has 0 aromatic heterocycles. The van der Waals surface area contributed by atoms with Gasteiger partial charge in [0, 0.05) is 18.8 Å². The third kappa shape index (κ3) is 3.74. The van der Waals surface area contributed by atoms with Crippen LogP contribution in [0.4, 0.5) is 5.69 Å². The first-order chi connectivity index (χ1) is 11.3. The third-order valence-corrected chi connectivity index (χ3v) is 3.95. The molecule has 0 bridgehead atoms. The Bertz CT molecular complexity index is 665. The fourth-order valence-electron chi connectivity index (χ4n) is 2.63. The van der Waals surface area contributed by atoms with Crippen molar-refractivity contribution in [3.8, 4) is 11.5 Å². The van der Waals surface area contributed by atoms with Crippen LogP contribution >= 0.6 is 0 Å². The summed E-state index contributed by atoms with van der Waals surface area (Å²) >= 11 is 0. The zero-order valence-electron chi connectivity index (χ0n) is 13.2. The predicted octanol–water partition coefficient (Wildman–Crippen LogP) is 2.56. The molecule has 0 aliphatic carbocycles. The largest absolute Gasteiger partial charge is 0.504 e. The van der Waals surface area contributed by atoms with Crippen molar-refractivity contribution in [3.63, 3.8) is 0 Å². The van der Waals surface area contributed by atoms with Crippen LogP contribution in [0.15, 0.2) is 53.6 Å². The number of hydrazone groups is 1. The molecule has 1 heterocycles. The molecule has 1 N–H and O–H groups in total. The molecule has 3 rings (SSSR count). The van der Waals surface area contributed by atoms with Gasteiger partial charge in [0.1, 0.15) is 0 Å². The van der Waals surface area contributed by atoms with Crippen molar-refractivity contribution in [1.82, 2.24) is 5.01 Å². The highest BCUT2D eigenvalue weighted by Gasteiger charge is 2.15. The second kappa shape index (κ2) is 7.05. The van der Waals surface area contributed by atoms with Crippen molar-refractivity contribution < 1.29 is 9.84 Å². The summed E-state index contributed by atoms with van der Waals surface area (Å²) in [5.41, 5.74) is 2.17. The van der Waals surface area contributed by atoms with Gasteiger partial charge in [0.15, 0.2) is 11.5 Å². The first-order valence-electron chi connectivity index (χ1n) is 7.72. The molecule has 1 saturated heterocycles. The lowest BCUT2D eigenvalue weighted by atomic mass is 10.2. The maximum Gasteiger partial charge on any atom is 0.161 e. The van der Waals surface area contributed by atoms with Gasteiger partial charge in [-0.05, 0) is 35.9 Å². The van der Waals surface area contributed by atoms with Gasteiger partial charge in [0.05, 0.1) is 26.4 Å². The minimum absolute atomic E-state index is 0.140. The molecule has 5 heteroatoms. The zero-order chi connectivity index (χ0) is 16.1. The number of anilines is 1. The van der Waals surface area contributed by atoms with Gasteiger partial charge in [-0.25, -0.2) is 0 Å². The molecule has 0 amide bonds. The Balaban J connectivity index is 1.58. The van der Waals surface area contributed by atoms with E-state index in [2.05, 4.69) is 39.3 Å². The zero-order valence-corrected chi connectivity index (χ0v) is 13.2. The van der Waals surface area contributed by atoms with Gasteiger partial charge < -0.3 is 14.7 Å². The van der Waals surface area contributed by atoms with E-state index in [0.717, 1.165) is 31.7 Å². The molecule has 1 fully saturated rings. The van der Waals surface area contributed by atoms with E-state index in [0.29, 0.717) is 5.75 Å². The van der Waals surface area contributed by atoms with Gasteiger partial charge in [-0.3, -0.25) is 5.01 Å². The van der Waals surface area contributed by atoms with Crippen LogP contribution in [0.2, 0.25) is 0 Å². The van der Waals surface area contributed by atoms with Crippen LogP contribution in [-0.2, 0) is 0 Å². The van der Waals surface area contributed by atoms with Crippen LogP contribution in [0.3, 0.4) is 0 Å². The highest BCUT2D eigenvalue weighted by atomic mass is 16.5. The normalized spacial score (nSPS) is 15.2. The van der Waals surface area contributed by atoms with Crippen molar-refractivity contribution in [1.29, 1.82) is 0 Å². The Morgan fingerprint density at radius 1 is 1.04 bits per heavy atom. The van der Waals surface area contributed by atoms with Crippen LogP contribution in [0.5, 0.6) is 11.5 Å². The van der Waals surface area contributed by atoms with Crippen molar-refractivity contribution in [3.05, 3.63) is 54.1 Å². The summed E-state index contributed by atoms with van der Waals surface area (Å²) in [6, 6.07) is 15.7. The maximum atomic E-state index is 9.60. The molecule has 2 aromatic rings. The molecular weight excluding hydrogens is 290 g/mol. The van der Waals surface area contributed by atoms with E-state index < -0.39 is 0 Å². The minimum atomic E-state index is 0.140. The maximum absolute atomic E-state index is 9.60. The number of aromatic hydroxyl groups is 1. The van der Waals surface area contributed by atoms with Crippen molar-refractivity contribution in [2.75, 3.05) is 38.2 Å². The second-order valence-corrected chi connectivity index (χ2v) is 5.45. The number of benzene rings is 2. The standard InChI is InChI=1S/C18H21N3O2/c1-23-18-13-15(7-8-17(18)22)14-19-21-11-9-20(10-12-21)16-5-3-2-4-6-16/h2-8,13-14,22H,9-12H2,1H3. The van der Waals surface area contributed by atoms with Gasteiger partial charge in [0.2, 0.25) is 0 Å². The summed E-state index contributed by atoms with van der Waals surface area (Å²) < 4.78 is 5.11. The molecule has 0 atom stereocenters. The second-order valence-electron chi connectivity index (χ2n) is 5.45. The van der Waals surface area contributed by atoms with E-state index >= 15 is 0 Å². The third-order valence-electron chi connectivity index (χ3n) is 3.95. The highest BCUT2D eigenvalue weighted by molar-refractivity contribution is 5.80. The van der Waals surface area contributed by atoms with Gasteiger partial charge in [0.25, 0.3) is 0 Å². The minimum Gasteiger partial charge on any atom is -0.504 e. The molecule has 0 radical (unpaired) electrons. The van der Waals surface area contributed by atoms with E-state index in [4.69, 9.17) is 4.74 Å². The smallest absolute Gasteiger partial charge is 0.161 e. The van der Waals surface area contributed by atoms with Gasteiger partial charge in [-0.1, -0.05) is 18.2 Å². The van der Waals surface area contributed by atoms with Gasteiger partial charge in [-0.2, -0.15) is 5.10 Å². The summed E-state index contributed by atoms with van der Waals surface area (Å²) in [5, 5.41) is 16.2. The first kappa shape index (κ1) is 15.2. The molecule has 5 nitrogen and oxygen atoms in total. The summed E-state index contributed by atoms with van der Waals surface area (Å²) in [6.07, 6.45) is 1.81. The highest BCUT2D eigenvalue weighted by Crippen LogP contribution is 2.25. The van der Waals surface area contributed by atoms with Crippen LogP contribution in [-0.4, -0.2) is 49.6 Å². The van der Waals surface area contributed by atoms with Crippen molar-refractivity contribution in [2.24, 2.45) is 5.10 Å². The molecule has 0 saturated carbocycles. The molecule has 1 aliphatic heterocycles. The van der Waals surface area contributed by atoms with Crippen molar-refractivity contribution in [2.45, 2.75) is 0 Å². The average Bonchev–Trinajstić information content (AvgIpc) is 2.62. The molecule has 120 valence electrons. The SMILES string of the molecule is COc1cc(C=NN2CCN(c3ccccc3)CC2)ccc1O. The van der Waals surface area contributed by atoms with E-state index in [1.54, 1.807) is 25.5 Å². The van der Waals surface area contributed by atoms with Crippen LogP contribution in [0.25, 0.3) is 0 Å². The summed E-state index contributed by atoms with van der Waals surface area (Å²) in [5.74, 6) is 0.601. The number of hydrogen-bond donors (Lipinski definition) is 1. The number of piperazine rings is 1. The lowest BCUT2D eigenvalue weighted by Crippen LogP contribution is -2.44. The molecule has 23 heavy (non-hydrogen) atoms. The molecule has 0 spiro atoms. The number of ether oxygens (including phenoxy) is 1. The summed E-state index contributed by atoms with van der Waals surface area (Å²) in [6.45, 7) is 3.70. The Hall–Kier alpha value is -2.69. The lowest BCUT2D eigenvalue weighted by Gasteiger charge is -2.34. The topological polar surface area (TPSA) is 48.3 Å². The van der Waals surface area contributed by atoms with E-state index in [9.17, 15) is 5.11 Å². The summed E-state index contributed by atoms with van der Waals surface area (Å²) in [4.78, 5) is 2.37. The molecular formula is C18H21N3O2. The number of phenolic OH excluding ortho intramolecular Hbond substituents is 1. The number of para-hydroxylation sites is 1. The Morgan fingerprint density at radius 2 is 1.78 bits per heavy atom. The Kier molecular flexibility index (Phi) is 4.66. The van der Waals surface area contributed by atoms with Gasteiger partial charge >= 0.3 is 0 Å². The summed E-state index contributed by atoms with van der Waals surface area (Å²) in [7, 11) is 1.54. The number of rotatable bonds is 4. The fraction of sp³-hybridized carbons (Fsp3) is 0.278. The number of methoxy groups -OCH3 is 1. The van der Waals surface area contributed by atoms with Crippen LogP contribution in [0, 0.1) is 0 Å². The number of hydrogen-bond acceptors (Lipinski definition) is 5. The molecule has 1 aliphatic rings. The Morgan fingerprint density at radius 3 is 2.48 bits per heavy atom. The molecule has 2 aromatic carbocycles. The molecule has 0 unspecified atom stereocenters. The van der Waals surface area contributed by atoms with Gasteiger partial charge in [-0.15, -0.1) is 0 Å². The van der Waals surface area contributed by atoms with E-state index in [1.165, 1.54) is 5.69 Å². The van der Waals surface area contributed by atoms with E-state index in [-0.39, 0.29) is 5.75 Å². The quantitative estimate of drug-likeness (QED) is 0.882. The number of nitrogens with zero attached hydrogens (tertiary/aromatic N) is 3. The van der Waals surface area contributed by atoms with Crippen LogP contribution in [0.1, 0.15) is 5.56 Å². The lowest BCUT2D eigenvalue weighted by molar-refractivity contribution is 0.272. The fourth-order valence-corrected chi connectivity index (χ4v) is 2.63. The number of phenols is 1. The van der Waals surface area contributed by atoms with Crippen molar-refractivity contribution >= 4 is 11.9 Å². The Labute approximate surface area is 136 Å². The predicted molar refractivity (Wildman–Crippen MR) is 92.5 cm³/mol.